The van der Waals surface area contributed by atoms with Gasteiger partial charge in [-0.15, -0.1) is 0 Å². The van der Waals surface area contributed by atoms with Crippen molar-refractivity contribution in [3.8, 4) is 0 Å². The van der Waals surface area contributed by atoms with Gasteiger partial charge in [0.2, 0.25) is 5.91 Å². The van der Waals surface area contributed by atoms with Crippen LogP contribution in [-0.2, 0) is 16.0 Å². The third-order valence-corrected chi connectivity index (χ3v) is 3.78. The van der Waals surface area contributed by atoms with Crippen LogP contribution in [0, 0.1) is 5.41 Å². The minimum atomic E-state index is -5.08. The number of alkyl halides is 3. The lowest BCUT2D eigenvalue weighted by atomic mass is 9.74. The fourth-order valence-corrected chi connectivity index (χ4v) is 2.50. The summed E-state index contributed by atoms with van der Waals surface area (Å²) in [5.41, 5.74) is 0.889. The smallest absolute Gasteiger partial charge is 0.475 e. The van der Waals surface area contributed by atoms with E-state index < -0.39 is 12.1 Å². The fourth-order valence-electron chi connectivity index (χ4n) is 2.13. The first-order chi connectivity index (χ1) is 10.1. The van der Waals surface area contributed by atoms with E-state index in [1.165, 1.54) is 0 Å². The Bertz CT molecular complexity index is 617. The van der Waals surface area contributed by atoms with Crippen LogP contribution in [0.25, 0.3) is 0 Å². The summed E-state index contributed by atoms with van der Waals surface area (Å²) in [6.45, 7) is 1.54. The maximum Gasteiger partial charge on any atom is 0.490 e. The topological polar surface area (TPSA) is 91.3 Å². The third kappa shape index (κ3) is 3.38. The van der Waals surface area contributed by atoms with E-state index >= 15 is 0 Å². The van der Waals surface area contributed by atoms with Crippen LogP contribution in [0.5, 0.6) is 0 Å². The van der Waals surface area contributed by atoms with E-state index in [2.05, 4.69) is 31.5 Å². The molecule has 1 amide bonds. The second-order valence-electron chi connectivity index (χ2n) is 4.98. The second-order valence-corrected chi connectivity index (χ2v) is 5.89. The number of aliphatic carboxylic acids is 1. The van der Waals surface area contributed by atoms with Gasteiger partial charge in [-0.1, -0.05) is 0 Å². The zero-order valence-corrected chi connectivity index (χ0v) is 12.6. The first-order valence-corrected chi connectivity index (χ1v) is 6.90. The molecule has 3 rings (SSSR count). The van der Waals surface area contributed by atoms with E-state index in [9.17, 15) is 18.0 Å². The molecular formula is C12H11BrF3N3O3. The molecule has 3 N–H and O–H groups in total. The van der Waals surface area contributed by atoms with Gasteiger partial charge in [0, 0.05) is 23.8 Å². The highest BCUT2D eigenvalue weighted by Gasteiger charge is 2.47. The zero-order chi connectivity index (χ0) is 16.5. The van der Waals surface area contributed by atoms with Gasteiger partial charge in [-0.2, -0.15) is 13.2 Å². The van der Waals surface area contributed by atoms with Crippen molar-refractivity contribution < 1.29 is 27.9 Å². The van der Waals surface area contributed by atoms with Crippen molar-refractivity contribution in [2.75, 3.05) is 18.4 Å². The number of hydrogen-bond donors (Lipinski definition) is 3. The average Bonchev–Trinajstić information content (AvgIpc) is 2.36. The quantitative estimate of drug-likeness (QED) is 0.634. The van der Waals surface area contributed by atoms with Gasteiger partial charge in [0.1, 0.15) is 5.82 Å². The highest BCUT2D eigenvalue weighted by Crippen LogP contribution is 2.36. The number of carboxylic acid groups (broad SMARTS) is 1. The Morgan fingerprint density at radius 3 is 2.45 bits per heavy atom. The van der Waals surface area contributed by atoms with Crippen LogP contribution in [0.4, 0.5) is 19.0 Å². The molecule has 0 aliphatic carbocycles. The maximum absolute atomic E-state index is 11.8. The first kappa shape index (κ1) is 16.7. The Morgan fingerprint density at radius 2 is 2.00 bits per heavy atom. The molecule has 10 heteroatoms. The number of carbonyl (C=O) groups excluding carboxylic acids is 1. The Morgan fingerprint density at radius 1 is 1.41 bits per heavy atom. The third-order valence-electron chi connectivity index (χ3n) is 3.34. The van der Waals surface area contributed by atoms with E-state index in [0.29, 0.717) is 5.82 Å². The van der Waals surface area contributed by atoms with Gasteiger partial charge >= 0.3 is 12.1 Å². The Kier molecular flexibility index (Phi) is 4.43. The number of aromatic nitrogens is 1. The molecule has 1 aromatic heterocycles. The number of hydrogen-bond acceptors (Lipinski definition) is 4. The van der Waals surface area contributed by atoms with Crippen LogP contribution in [0.1, 0.15) is 5.56 Å². The molecule has 0 radical (unpaired) electrons. The second kappa shape index (κ2) is 5.84. The molecule has 2 aliphatic rings. The molecule has 1 aromatic rings. The number of carboxylic acids is 1. The van der Waals surface area contributed by atoms with Gasteiger partial charge in [-0.05, 0) is 34.0 Å². The number of halogens is 4. The van der Waals surface area contributed by atoms with Crippen LogP contribution in [0.3, 0.4) is 0 Å². The Labute approximate surface area is 131 Å². The summed E-state index contributed by atoms with van der Waals surface area (Å²) in [6.07, 6.45) is -2.59. The molecule has 2 aliphatic heterocycles. The van der Waals surface area contributed by atoms with Crippen LogP contribution in [0.2, 0.25) is 0 Å². The number of rotatable bonds is 0. The van der Waals surface area contributed by atoms with Crippen LogP contribution >= 0.6 is 15.9 Å². The predicted octanol–water partition coefficient (Wildman–Crippen LogP) is 1.56. The first-order valence-electron chi connectivity index (χ1n) is 6.11. The molecule has 120 valence electrons. The number of amides is 1. The van der Waals surface area contributed by atoms with E-state index in [4.69, 9.17) is 9.90 Å². The number of nitrogens with zero attached hydrogens (tertiary/aromatic N) is 1. The number of carbonyl (C=O) groups is 2. The number of anilines is 1. The highest BCUT2D eigenvalue weighted by molar-refractivity contribution is 9.10. The molecule has 1 fully saturated rings. The van der Waals surface area contributed by atoms with E-state index in [-0.39, 0.29) is 11.3 Å². The lowest BCUT2D eigenvalue weighted by Crippen LogP contribution is -2.62. The molecular weight excluding hydrogens is 371 g/mol. The van der Waals surface area contributed by atoms with Crippen molar-refractivity contribution in [2.24, 2.45) is 5.41 Å². The summed E-state index contributed by atoms with van der Waals surface area (Å²) in [4.78, 5) is 24.9. The van der Waals surface area contributed by atoms with E-state index in [1.807, 2.05) is 6.07 Å². The molecule has 1 spiro atoms. The molecule has 1 saturated heterocycles. The SMILES string of the molecule is O=C(O)C(F)(F)F.O=C1Nc2ncc(Br)cc2CC12CNC2. The summed E-state index contributed by atoms with van der Waals surface area (Å²) >= 11 is 3.39. The Balaban J connectivity index is 0.000000217. The van der Waals surface area contributed by atoms with Crippen LogP contribution in [-0.4, -0.2) is 41.2 Å². The van der Waals surface area contributed by atoms with Crippen molar-refractivity contribution in [3.63, 3.8) is 0 Å². The average molecular weight is 382 g/mol. The van der Waals surface area contributed by atoms with E-state index in [0.717, 1.165) is 29.5 Å². The number of fused-ring (bicyclic) bond motifs is 1. The van der Waals surface area contributed by atoms with Crippen molar-refractivity contribution in [1.29, 1.82) is 0 Å². The van der Waals surface area contributed by atoms with Gasteiger partial charge in [0.15, 0.2) is 0 Å². The minimum Gasteiger partial charge on any atom is -0.475 e. The normalized spacial score (nSPS) is 18.5. The summed E-state index contributed by atoms with van der Waals surface area (Å²) < 4.78 is 32.7. The van der Waals surface area contributed by atoms with Gasteiger partial charge in [-0.25, -0.2) is 9.78 Å². The maximum atomic E-state index is 11.8. The number of nitrogens with one attached hydrogen (secondary N) is 2. The van der Waals surface area contributed by atoms with Crippen molar-refractivity contribution >= 4 is 33.6 Å². The standard InChI is InChI=1S/C10H10BrN3O.C2HF3O2/c11-7-1-6-2-10(4-12-5-10)9(15)14-8(6)13-3-7;3-2(4,5)1(6)7/h1,3,12H,2,4-5H2,(H,13,14,15);(H,6,7). The van der Waals surface area contributed by atoms with Crippen molar-refractivity contribution in [1.82, 2.24) is 10.3 Å². The van der Waals surface area contributed by atoms with Gasteiger partial charge in [0.25, 0.3) is 0 Å². The lowest BCUT2D eigenvalue weighted by molar-refractivity contribution is -0.192. The molecule has 3 heterocycles. The molecule has 0 aromatic carbocycles. The molecule has 0 saturated carbocycles. The predicted molar refractivity (Wildman–Crippen MR) is 73.3 cm³/mol. The summed E-state index contributed by atoms with van der Waals surface area (Å²) in [6, 6.07) is 2.03. The molecule has 0 bridgehead atoms. The molecule has 0 atom stereocenters. The van der Waals surface area contributed by atoms with Crippen molar-refractivity contribution in [2.45, 2.75) is 12.6 Å². The summed E-state index contributed by atoms with van der Waals surface area (Å²) in [7, 11) is 0. The zero-order valence-electron chi connectivity index (χ0n) is 11.0. The highest BCUT2D eigenvalue weighted by atomic mass is 79.9. The van der Waals surface area contributed by atoms with Gasteiger partial charge in [-0.3, -0.25) is 4.79 Å². The molecule has 0 unspecified atom stereocenters. The van der Waals surface area contributed by atoms with Crippen LogP contribution < -0.4 is 10.6 Å². The van der Waals surface area contributed by atoms with Crippen molar-refractivity contribution in [3.05, 3.63) is 22.3 Å². The fraction of sp³-hybridized carbons (Fsp3) is 0.417. The van der Waals surface area contributed by atoms with Gasteiger partial charge < -0.3 is 15.7 Å². The Hall–Kier alpha value is -1.68. The number of pyridine rings is 1. The summed E-state index contributed by atoms with van der Waals surface area (Å²) in [5, 5.41) is 13.1. The molecule has 22 heavy (non-hydrogen) atoms. The lowest BCUT2D eigenvalue weighted by Gasteiger charge is -2.43. The summed E-state index contributed by atoms with van der Waals surface area (Å²) in [5.74, 6) is -1.95. The minimum absolute atomic E-state index is 0.101. The monoisotopic (exact) mass is 381 g/mol. The molecule has 6 nitrogen and oxygen atoms in total. The van der Waals surface area contributed by atoms with Crippen LogP contribution in [0.15, 0.2) is 16.7 Å². The van der Waals surface area contributed by atoms with E-state index in [1.54, 1.807) is 6.20 Å². The largest absolute Gasteiger partial charge is 0.490 e. The van der Waals surface area contributed by atoms with Gasteiger partial charge in [0.05, 0.1) is 5.41 Å².